The molecular formula is C9H12N4O3S2. The van der Waals surface area contributed by atoms with Gasteiger partial charge in [0.25, 0.3) is 10.0 Å². The third-order valence-corrected chi connectivity index (χ3v) is 5.19. The van der Waals surface area contributed by atoms with Gasteiger partial charge in [0.2, 0.25) is 5.95 Å². The predicted molar refractivity (Wildman–Crippen MR) is 67.4 cm³/mol. The molecule has 2 N–H and O–H groups in total. The zero-order valence-corrected chi connectivity index (χ0v) is 11.4. The maximum absolute atomic E-state index is 12.0. The summed E-state index contributed by atoms with van der Waals surface area (Å²) in [6, 6.07) is 3.44. The number of aromatic nitrogens is 3. The second kappa shape index (κ2) is 4.94. The van der Waals surface area contributed by atoms with Crippen molar-refractivity contribution >= 4 is 27.3 Å². The van der Waals surface area contributed by atoms with Gasteiger partial charge in [-0.25, -0.2) is 18.2 Å². The van der Waals surface area contributed by atoms with Gasteiger partial charge in [-0.3, -0.25) is 0 Å². The van der Waals surface area contributed by atoms with E-state index in [-0.39, 0.29) is 16.2 Å². The van der Waals surface area contributed by atoms with E-state index in [1.54, 1.807) is 12.1 Å². The molecule has 2 aromatic rings. The molecule has 0 saturated carbocycles. The topological polar surface area (TPSA) is 97.0 Å². The minimum absolute atomic E-state index is 0.0262. The molecule has 7 nitrogen and oxygen atoms in total. The lowest BCUT2D eigenvalue weighted by Crippen LogP contribution is -2.12. The molecule has 2 rings (SSSR count). The number of nitrogens with one attached hydrogen (secondary N) is 2. The molecule has 0 bridgehead atoms. The molecule has 98 valence electrons. The highest BCUT2D eigenvalue weighted by Crippen LogP contribution is 2.23. The summed E-state index contributed by atoms with van der Waals surface area (Å²) in [4.78, 5) is 4.80. The maximum atomic E-state index is 12.0. The second-order valence-corrected chi connectivity index (χ2v) is 6.43. The van der Waals surface area contributed by atoms with Crippen LogP contribution in [0.3, 0.4) is 0 Å². The lowest BCUT2D eigenvalue weighted by molar-refractivity contribution is 0.382. The Morgan fingerprint density at radius 3 is 2.83 bits per heavy atom. The molecule has 9 heteroatoms. The average Bonchev–Trinajstić information content (AvgIpc) is 2.96. The van der Waals surface area contributed by atoms with Gasteiger partial charge < -0.3 is 4.74 Å². The van der Waals surface area contributed by atoms with E-state index in [2.05, 4.69) is 19.9 Å². The van der Waals surface area contributed by atoms with Crippen molar-refractivity contribution in [3.63, 3.8) is 0 Å². The Morgan fingerprint density at radius 1 is 1.50 bits per heavy atom. The van der Waals surface area contributed by atoms with Crippen LogP contribution in [0.25, 0.3) is 0 Å². The normalized spacial score (nSPS) is 11.4. The maximum Gasteiger partial charge on any atom is 0.336 e. The van der Waals surface area contributed by atoms with E-state index in [1.165, 1.54) is 18.4 Å². The fourth-order valence-corrected chi connectivity index (χ4v) is 3.51. The van der Waals surface area contributed by atoms with Crippen molar-refractivity contribution in [1.29, 1.82) is 0 Å². The molecule has 0 unspecified atom stereocenters. The van der Waals surface area contributed by atoms with Crippen molar-refractivity contribution < 1.29 is 13.2 Å². The molecule has 2 aromatic heterocycles. The van der Waals surface area contributed by atoms with E-state index >= 15 is 0 Å². The van der Waals surface area contributed by atoms with Crippen molar-refractivity contribution in [3.8, 4) is 6.01 Å². The van der Waals surface area contributed by atoms with E-state index in [4.69, 9.17) is 4.74 Å². The lowest BCUT2D eigenvalue weighted by atomic mass is 10.4. The van der Waals surface area contributed by atoms with Gasteiger partial charge in [-0.05, 0) is 18.6 Å². The van der Waals surface area contributed by atoms with Crippen LogP contribution in [-0.4, -0.2) is 30.7 Å². The van der Waals surface area contributed by atoms with Crippen molar-refractivity contribution in [1.82, 2.24) is 15.2 Å². The highest BCUT2D eigenvalue weighted by molar-refractivity contribution is 7.94. The standard InChI is InChI=1S/C9H12N4O3S2/c1-3-6-4-5-7(17-6)18(14,15)13-8-10-9(16-2)12-11-8/h4-5H,3H2,1-2H3,(H2,10,11,12,13). The number of methoxy groups -OCH3 is 1. The third kappa shape index (κ3) is 2.62. The molecule has 0 spiro atoms. The van der Waals surface area contributed by atoms with Crippen molar-refractivity contribution in [2.45, 2.75) is 17.6 Å². The van der Waals surface area contributed by atoms with Crippen LogP contribution < -0.4 is 9.46 Å². The SMILES string of the molecule is CCc1ccc(S(=O)(=O)Nc2nc(OC)n[nH]2)s1. The lowest BCUT2D eigenvalue weighted by Gasteiger charge is -2.01. The summed E-state index contributed by atoms with van der Waals surface area (Å²) in [7, 11) is -2.22. The fraction of sp³-hybridized carbons (Fsp3) is 0.333. The first kappa shape index (κ1) is 12.8. The first-order valence-corrected chi connectivity index (χ1v) is 7.43. The van der Waals surface area contributed by atoms with Crippen molar-refractivity contribution in [3.05, 3.63) is 17.0 Å². The highest BCUT2D eigenvalue weighted by atomic mass is 32.2. The van der Waals surface area contributed by atoms with Crippen molar-refractivity contribution in [2.24, 2.45) is 0 Å². The van der Waals surface area contributed by atoms with Crippen LogP contribution in [0.15, 0.2) is 16.3 Å². The largest absolute Gasteiger partial charge is 0.466 e. The molecule has 0 aliphatic rings. The first-order chi connectivity index (χ1) is 8.55. The highest BCUT2D eigenvalue weighted by Gasteiger charge is 2.18. The van der Waals surface area contributed by atoms with Gasteiger partial charge in [-0.15, -0.1) is 16.4 Å². The number of nitrogens with zero attached hydrogens (tertiary/aromatic N) is 2. The van der Waals surface area contributed by atoms with Crippen molar-refractivity contribution in [2.75, 3.05) is 11.8 Å². The summed E-state index contributed by atoms with van der Waals surface area (Å²) in [5.74, 6) is 0.0262. The molecule has 0 fully saturated rings. The zero-order valence-electron chi connectivity index (χ0n) is 9.80. The first-order valence-electron chi connectivity index (χ1n) is 5.13. The van der Waals surface area contributed by atoms with Gasteiger partial charge in [0.05, 0.1) is 7.11 Å². The summed E-state index contributed by atoms with van der Waals surface area (Å²) in [5.41, 5.74) is 0. The van der Waals surface area contributed by atoms with E-state index in [0.29, 0.717) is 0 Å². The van der Waals surface area contributed by atoms with E-state index in [9.17, 15) is 8.42 Å². The molecule has 0 radical (unpaired) electrons. The fourth-order valence-electron chi connectivity index (χ4n) is 1.25. The van der Waals surface area contributed by atoms with Gasteiger partial charge >= 0.3 is 6.01 Å². The number of ether oxygens (including phenoxy) is 1. The second-order valence-electron chi connectivity index (χ2n) is 3.35. The van der Waals surface area contributed by atoms with Crippen LogP contribution in [0.4, 0.5) is 5.95 Å². The molecule has 0 amide bonds. The van der Waals surface area contributed by atoms with Gasteiger partial charge in [0.15, 0.2) is 0 Å². The molecule has 2 heterocycles. The summed E-state index contributed by atoms with van der Waals surface area (Å²) >= 11 is 1.23. The van der Waals surface area contributed by atoms with Gasteiger partial charge in [-0.2, -0.15) is 4.98 Å². The monoisotopic (exact) mass is 288 g/mol. The van der Waals surface area contributed by atoms with Crippen LogP contribution in [0.5, 0.6) is 6.01 Å². The molecule has 0 atom stereocenters. The Bertz CT molecular complexity index is 632. The molecule has 0 saturated heterocycles. The van der Waals surface area contributed by atoms with Gasteiger partial charge in [0.1, 0.15) is 4.21 Å². The Labute approximate surface area is 108 Å². The Morgan fingerprint density at radius 2 is 2.28 bits per heavy atom. The van der Waals surface area contributed by atoms with Crippen LogP contribution in [0.1, 0.15) is 11.8 Å². The smallest absolute Gasteiger partial charge is 0.336 e. The van der Waals surface area contributed by atoms with E-state index in [0.717, 1.165) is 11.3 Å². The zero-order chi connectivity index (χ0) is 13.2. The van der Waals surface area contributed by atoms with Crippen LogP contribution in [0.2, 0.25) is 0 Å². The van der Waals surface area contributed by atoms with Gasteiger partial charge in [0, 0.05) is 4.88 Å². The number of hydrogen-bond donors (Lipinski definition) is 2. The summed E-state index contributed by atoms with van der Waals surface area (Å²) in [5, 5.41) is 6.08. The number of hydrogen-bond acceptors (Lipinski definition) is 6. The molecule has 0 aliphatic carbocycles. The number of H-pyrrole nitrogens is 1. The number of thiophene rings is 1. The molecule has 0 aromatic carbocycles. The number of anilines is 1. The van der Waals surface area contributed by atoms with E-state index in [1.807, 2.05) is 6.92 Å². The Hall–Kier alpha value is -1.61. The summed E-state index contributed by atoms with van der Waals surface area (Å²) < 4.78 is 31.3. The quantitative estimate of drug-likeness (QED) is 0.862. The summed E-state index contributed by atoms with van der Waals surface area (Å²) in [6.45, 7) is 1.97. The molecular weight excluding hydrogens is 276 g/mol. The number of rotatable bonds is 5. The van der Waals surface area contributed by atoms with Crippen LogP contribution >= 0.6 is 11.3 Å². The van der Waals surface area contributed by atoms with E-state index < -0.39 is 10.0 Å². The minimum Gasteiger partial charge on any atom is -0.466 e. The average molecular weight is 288 g/mol. The van der Waals surface area contributed by atoms with Crippen LogP contribution in [-0.2, 0) is 16.4 Å². The Balaban J connectivity index is 2.21. The predicted octanol–water partition coefficient (Wildman–Crippen LogP) is 1.24. The van der Waals surface area contributed by atoms with Crippen LogP contribution in [0, 0.1) is 0 Å². The minimum atomic E-state index is -3.62. The number of sulfonamides is 1. The summed E-state index contributed by atoms with van der Waals surface area (Å²) in [6.07, 6.45) is 0.802. The number of aryl methyl sites for hydroxylation is 1. The third-order valence-electron chi connectivity index (χ3n) is 2.13. The van der Waals surface area contributed by atoms with Gasteiger partial charge in [-0.1, -0.05) is 6.92 Å². The number of aromatic amines is 1. The molecule has 0 aliphatic heterocycles. The molecule has 18 heavy (non-hydrogen) atoms. The Kier molecular flexibility index (Phi) is 3.53.